The number of thioether (sulfide) groups is 1. The highest BCUT2D eigenvalue weighted by molar-refractivity contribution is 8.15. The van der Waals surface area contributed by atoms with Gasteiger partial charge < -0.3 is 14.4 Å². The van der Waals surface area contributed by atoms with Crippen LogP contribution in [0.1, 0.15) is 40.2 Å². The average Bonchev–Trinajstić information content (AvgIpc) is 3.13. The van der Waals surface area contributed by atoms with Crippen molar-refractivity contribution in [2.45, 2.75) is 52.0 Å². The highest BCUT2D eigenvalue weighted by atomic mass is 32.2. The second-order valence-electron chi connectivity index (χ2n) is 8.73. The van der Waals surface area contributed by atoms with Crippen LogP contribution in [0.2, 0.25) is 0 Å². The number of carbonyl (C=O) groups is 2. The van der Waals surface area contributed by atoms with E-state index < -0.39 is 5.25 Å². The summed E-state index contributed by atoms with van der Waals surface area (Å²) < 4.78 is 10.6. The molecular weight excluding hydrogens is 462 g/mol. The van der Waals surface area contributed by atoms with E-state index in [-0.39, 0.29) is 23.9 Å². The molecule has 35 heavy (non-hydrogen) atoms. The molecule has 1 unspecified atom stereocenters. The smallest absolute Gasteiger partial charge is 0.283 e. The maximum absolute atomic E-state index is 13.5. The monoisotopic (exact) mass is 495 g/mol. The molecule has 2 amide bonds. The number of benzene rings is 2. The minimum Gasteiger partial charge on any atom is -0.497 e. The highest BCUT2D eigenvalue weighted by Gasteiger charge is 2.35. The zero-order valence-electron chi connectivity index (χ0n) is 21.3. The molecule has 0 aliphatic carbocycles. The number of amidine groups is 1. The number of hydrogen-bond donors (Lipinski definition) is 0. The Bertz CT molecular complexity index is 1120. The molecule has 1 atom stereocenters. The Labute approximate surface area is 211 Å². The van der Waals surface area contributed by atoms with Crippen LogP contribution in [0, 0.1) is 0 Å². The van der Waals surface area contributed by atoms with Crippen LogP contribution in [0.4, 0.5) is 5.69 Å². The summed E-state index contributed by atoms with van der Waals surface area (Å²) in [5.74, 6) is 1.10. The van der Waals surface area contributed by atoms with Gasteiger partial charge in [0.05, 0.1) is 25.2 Å². The lowest BCUT2D eigenvalue weighted by Crippen LogP contribution is -2.46. The Balaban J connectivity index is 1.98. The molecule has 0 saturated carbocycles. The SMILES string of the molecule is COc1ccc(/C=C2\N=C(SC(C)C(=O)N(C(C)C)C(C)C)N(c3cccc(OC)c3)C2=O)cc1. The number of rotatable bonds is 8. The zero-order valence-corrected chi connectivity index (χ0v) is 22.1. The van der Waals surface area contributed by atoms with Gasteiger partial charge in [-0.2, -0.15) is 0 Å². The number of aliphatic imine (C=N–C) groups is 1. The van der Waals surface area contributed by atoms with Crippen molar-refractivity contribution in [1.82, 2.24) is 4.90 Å². The summed E-state index contributed by atoms with van der Waals surface area (Å²) in [6.07, 6.45) is 1.74. The molecule has 1 aliphatic rings. The maximum Gasteiger partial charge on any atom is 0.283 e. The molecule has 0 aromatic heterocycles. The van der Waals surface area contributed by atoms with Gasteiger partial charge in [0.1, 0.15) is 17.2 Å². The van der Waals surface area contributed by atoms with E-state index in [1.807, 2.05) is 82.0 Å². The van der Waals surface area contributed by atoms with Crippen LogP contribution in [0.5, 0.6) is 11.5 Å². The summed E-state index contributed by atoms with van der Waals surface area (Å²) >= 11 is 1.28. The van der Waals surface area contributed by atoms with Gasteiger partial charge in [-0.25, -0.2) is 4.99 Å². The average molecular weight is 496 g/mol. The predicted molar refractivity (Wildman–Crippen MR) is 143 cm³/mol. The van der Waals surface area contributed by atoms with Crippen LogP contribution in [0.25, 0.3) is 6.08 Å². The molecule has 0 saturated heterocycles. The third-order valence-electron chi connectivity index (χ3n) is 5.56. The second kappa shape index (κ2) is 11.4. The lowest BCUT2D eigenvalue weighted by Gasteiger charge is -2.33. The number of anilines is 1. The van der Waals surface area contributed by atoms with Crippen LogP contribution in [-0.4, -0.2) is 53.4 Å². The van der Waals surface area contributed by atoms with E-state index in [1.54, 1.807) is 31.3 Å². The number of amides is 2. The Kier molecular flexibility index (Phi) is 8.62. The van der Waals surface area contributed by atoms with Gasteiger partial charge >= 0.3 is 0 Å². The van der Waals surface area contributed by atoms with Gasteiger partial charge in [-0.05, 0) is 70.5 Å². The van der Waals surface area contributed by atoms with E-state index >= 15 is 0 Å². The molecular formula is C27H33N3O4S. The van der Waals surface area contributed by atoms with Crippen molar-refractivity contribution in [1.29, 1.82) is 0 Å². The van der Waals surface area contributed by atoms with Gasteiger partial charge in [0.2, 0.25) is 5.91 Å². The topological polar surface area (TPSA) is 71.4 Å². The molecule has 0 N–H and O–H groups in total. The number of nitrogens with zero attached hydrogens (tertiary/aromatic N) is 3. The van der Waals surface area contributed by atoms with Gasteiger partial charge in [0.25, 0.3) is 5.91 Å². The van der Waals surface area contributed by atoms with Gasteiger partial charge in [0.15, 0.2) is 5.17 Å². The van der Waals surface area contributed by atoms with E-state index in [1.165, 1.54) is 11.8 Å². The summed E-state index contributed by atoms with van der Waals surface area (Å²) in [5, 5.41) is 0.0242. The van der Waals surface area contributed by atoms with Crippen molar-refractivity contribution in [3.63, 3.8) is 0 Å². The fraction of sp³-hybridized carbons (Fsp3) is 0.370. The van der Waals surface area contributed by atoms with Crippen molar-refractivity contribution in [3.8, 4) is 11.5 Å². The van der Waals surface area contributed by atoms with E-state index in [9.17, 15) is 9.59 Å². The Morgan fingerprint density at radius 2 is 1.60 bits per heavy atom. The quantitative estimate of drug-likeness (QED) is 0.470. The molecule has 0 radical (unpaired) electrons. The van der Waals surface area contributed by atoms with Crippen molar-refractivity contribution < 1.29 is 19.1 Å². The fourth-order valence-corrected chi connectivity index (χ4v) is 4.92. The van der Waals surface area contributed by atoms with E-state index in [0.29, 0.717) is 22.3 Å². The lowest BCUT2D eigenvalue weighted by molar-refractivity contribution is -0.133. The fourth-order valence-electron chi connectivity index (χ4n) is 3.93. The molecule has 7 nitrogen and oxygen atoms in total. The maximum atomic E-state index is 13.5. The van der Waals surface area contributed by atoms with E-state index in [4.69, 9.17) is 9.47 Å². The van der Waals surface area contributed by atoms with Crippen molar-refractivity contribution >= 4 is 40.5 Å². The number of carbonyl (C=O) groups excluding carboxylic acids is 2. The number of ether oxygens (including phenoxy) is 2. The first-order valence-corrected chi connectivity index (χ1v) is 12.5. The molecule has 0 spiro atoms. The number of methoxy groups -OCH3 is 2. The predicted octanol–water partition coefficient (Wildman–Crippen LogP) is 5.21. The molecule has 186 valence electrons. The van der Waals surface area contributed by atoms with Gasteiger partial charge in [-0.15, -0.1) is 0 Å². The Morgan fingerprint density at radius 1 is 0.971 bits per heavy atom. The third kappa shape index (κ3) is 6.06. The van der Waals surface area contributed by atoms with Gasteiger partial charge in [-0.3, -0.25) is 14.5 Å². The highest BCUT2D eigenvalue weighted by Crippen LogP contribution is 2.33. The van der Waals surface area contributed by atoms with Crippen LogP contribution in [0.15, 0.2) is 59.2 Å². The van der Waals surface area contributed by atoms with Crippen LogP contribution in [0.3, 0.4) is 0 Å². The van der Waals surface area contributed by atoms with Gasteiger partial charge in [-0.1, -0.05) is 30.0 Å². The first-order chi connectivity index (χ1) is 16.7. The standard InChI is InChI=1S/C27H33N3O4S/c1-17(2)29(18(3)4)25(31)19(5)35-27-28-24(15-20-11-13-22(33-6)14-12-20)26(32)30(27)21-9-8-10-23(16-21)34-7/h8-19H,1-7H3/b24-15-. The Morgan fingerprint density at radius 3 is 2.17 bits per heavy atom. The molecule has 2 aromatic carbocycles. The zero-order chi connectivity index (χ0) is 25.7. The normalized spacial score (nSPS) is 15.6. The first-order valence-electron chi connectivity index (χ1n) is 11.6. The third-order valence-corrected chi connectivity index (χ3v) is 6.60. The second-order valence-corrected chi connectivity index (χ2v) is 10.0. The van der Waals surface area contributed by atoms with Crippen LogP contribution >= 0.6 is 11.8 Å². The van der Waals surface area contributed by atoms with E-state index in [0.717, 1.165) is 11.3 Å². The van der Waals surface area contributed by atoms with Crippen molar-refractivity contribution in [3.05, 3.63) is 59.8 Å². The van der Waals surface area contributed by atoms with Crippen LogP contribution in [-0.2, 0) is 9.59 Å². The number of hydrogen-bond acceptors (Lipinski definition) is 6. The summed E-state index contributed by atoms with van der Waals surface area (Å²) in [4.78, 5) is 34.9. The van der Waals surface area contributed by atoms with E-state index in [2.05, 4.69) is 4.99 Å². The minimum absolute atomic E-state index is 0.00771. The molecule has 0 fully saturated rings. The molecule has 3 rings (SSSR count). The van der Waals surface area contributed by atoms with Crippen molar-refractivity contribution in [2.75, 3.05) is 19.1 Å². The molecule has 1 heterocycles. The lowest BCUT2D eigenvalue weighted by atomic mass is 10.2. The molecule has 2 aromatic rings. The van der Waals surface area contributed by atoms with Crippen molar-refractivity contribution in [2.24, 2.45) is 4.99 Å². The summed E-state index contributed by atoms with van der Waals surface area (Å²) in [5.41, 5.74) is 1.75. The minimum atomic E-state index is -0.431. The molecule has 1 aliphatic heterocycles. The summed E-state index contributed by atoms with van der Waals surface area (Å²) in [7, 11) is 3.19. The van der Waals surface area contributed by atoms with Gasteiger partial charge in [0, 0.05) is 18.2 Å². The Hall–Kier alpha value is -3.26. The summed E-state index contributed by atoms with van der Waals surface area (Å²) in [6.45, 7) is 9.87. The van der Waals surface area contributed by atoms with Crippen LogP contribution < -0.4 is 14.4 Å². The largest absolute Gasteiger partial charge is 0.497 e. The first kappa shape index (κ1) is 26.3. The molecule has 0 bridgehead atoms. The summed E-state index contributed by atoms with van der Waals surface area (Å²) in [6, 6.07) is 14.8. The molecule has 8 heteroatoms.